The summed E-state index contributed by atoms with van der Waals surface area (Å²) in [7, 11) is 0. The van der Waals surface area contributed by atoms with Crippen LogP contribution in [0.2, 0.25) is 0 Å². The van der Waals surface area contributed by atoms with Crippen LogP contribution in [-0.4, -0.2) is 40.7 Å². The van der Waals surface area contributed by atoms with Gasteiger partial charge in [0.25, 0.3) is 0 Å². The van der Waals surface area contributed by atoms with Gasteiger partial charge in [0.1, 0.15) is 6.54 Å². The summed E-state index contributed by atoms with van der Waals surface area (Å²) in [4.78, 5) is 48.8. The molecule has 0 spiro atoms. The number of hydrogen-bond donors (Lipinski definition) is 2. The predicted molar refractivity (Wildman–Crippen MR) is 78.5 cm³/mol. The van der Waals surface area contributed by atoms with Gasteiger partial charge < -0.3 is 5.32 Å². The molecule has 22 heavy (non-hydrogen) atoms. The number of fused-ring (bicyclic) bond motifs is 1. The Morgan fingerprint density at radius 3 is 2.09 bits per heavy atom. The zero-order valence-corrected chi connectivity index (χ0v) is 13.0. The molecular formula is C15H21N3O4. The molecule has 0 bridgehead atoms. The van der Waals surface area contributed by atoms with Crippen molar-refractivity contribution in [3.63, 3.8) is 0 Å². The summed E-state index contributed by atoms with van der Waals surface area (Å²) in [5.41, 5.74) is -0.482. The van der Waals surface area contributed by atoms with Crippen molar-refractivity contribution in [3.8, 4) is 0 Å². The van der Waals surface area contributed by atoms with E-state index in [1.54, 1.807) is 20.8 Å². The van der Waals surface area contributed by atoms with Gasteiger partial charge in [0.15, 0.2) is 0 Å². The maximum atomic E-state index is 12.2. The minimum absolute atomic E-state index is 0.328. The summed E-state index contributed by atoms with van der Waals surface area (Å²) in [6.45, 7) is 4.93. The minimum atomic E-state index is -0.671. The largest absolute Gasteiger partial charge is 0.333 e. The molecule has 0 aromatic heterocycles. The maximum Gasteiger partial charge on any atom is 0.321 e. The molecule has 1 aliphatic heterocycles. The summed E-state index contributed by atoms with van der Waals surface area (Å²) in [6, 6.07) is -0.643. The molecule has 0 aromatic rings. The van der Waals surface area contributed by atoms with E-state index in [1.165, 1.54) is 0 Å². The van der Waals surface area contributed by atoms with E-state index in [2.05, 4.69) is 10.6 Å². The lowest BCUT2D eigenvalue weighted by Crippen LogP contribution is -2.51. The van der Waals surface area contributed by atoms with Crippen LogP contribution in [0.4, 0.5) is 4.79 Å². The van der Waals surface area contributed by atoms with E-state index in [-0.39, 0.29) is 23.7 Å². The van der Waals surface area contributed by atoms with Crippen molar-refractivity contribution in [2.45, 2.75) is 39.2 Å². The number of hydrogen-bond acceptors (Lipinski definition) is 4. The average Bonchev–Trinajstić information content (AvgIpc) is 2.62. The van der Waals surface area contributed by atoms with E-state index in [4.69, 9.17) is 0 Å². The molecule has 120 valence electrons. The van der Waals surface area contributed by atoms with Gasteiger partial charge in [-0.15, -0.1) is 0 Å². The third-order valence-corrected chi connectivity index (χ3v) is 3.64. The van der Waals surface area contributed by atoms with Crippen molar-refractivity contribution < 1.29 is 19.2 Å². The third kappa shape index (κ3) is 3.52. The first-order valence-corrected chi connectivity index (χ1v) is 7.31. The van der Waals surface area contributed by atoms with Crippen molar-refractivity contribution in [2.75, 3.05) is 6.54 Å². The number of rotatable bonds is 2. The van der Waals surface area contributed by atoms with E-state index in [1.807, 2.05) is 12.2 Å². The van der Waals surface area contributed by atoms with Crippen molar-refractivity contribution >= 4 is 23.8 Å². The van der Waals surface area contributed by atoms with Crippen LogP contribution in [0.25, 0.3) is 0 Å². The SMILES string of the molecule is CC(C)(C)NC(=O)NC(=O)CN1C(=O)[C@H]2CC=CC[C@@H]2C1=O. The minimum Gasteiger partial charge on any atom is -0.333 e. The number of amides is 5. The third-order valence-electron chi connectivity index (χ3n) is 3.64. The molecule has 5 amide bonds. The standard InChI is InChI=1S/C15H21N3O4/c1-15(2,3)17-14(22)16-11(19)8-18-12(20)9-6-4-5-7-10(9)13(18)21/h4-5,9-10H,6-8H2,1-3H3,(H2,16,17,19,22)/t9-,10-/m0/s1. The topological polar surface area (TPSA) is 95.6 Å². The van der Waals surface area contributed by atoms with E-state index in [0.29, 0.717) is 12.8 Å². The normalized spacial score (nSPS) is 24.2. The van der Waals surface area contributed by atoms with Crippen LogP contribution in [0.1, 0.15) is 33.6 Å². The fourth-order valence-electron chi connectivity index (χ4n) is 2.71. The first kappa shape index (κ1) is 16.2. The molecule has 0 unspecified atom stereocenters. The smallest absolute Gasteiger partial charge is 0.321 e. The molecule has 1 aliphatic carbocycles. The number of urea groups is 1. The Labute approximate surface area is 129 Å². The van der Waals surface area contributed by atoms with Gasteiger partial charge in [0, 0.05) is 5.54 Å². The van der Waals surface area contributed by atoms with Crippen molar-refractivity contribution in [1.29, 1.82) is 0 Å². The van der Waals surface area contributed by atoms with Gasteiger partial charge in [-0.05, 0) is 33.6 Å². The lowest BCUT2D eigenvalue weighted by molar-refractivity contribution is -0.143. The number of likely N-dealkylation sites (tertiary alicyclic amines) is 1. The zero-order valence-electron chi connectivity index (χ0n) is 13.0. The second-order valence-corrected chi connectivity index (χ2v) is 6.67. The number of carbonyl (C=O) groups is 4. The van der Waals surface area contributed by atoms with Crippen LogP contribution in [0.3, 0.4) is 0 Å². The first-order valence-electron chi connectivity index (χ1n) is 7.31. The van der Waals surface area contributed by atoms with Crippen molar-refractivity contribution in [3.05, 3.63) is 12.2 Å². The van der Waals surface area contributed by atoms with Crippen LogP contribution >= 0.6 is 0 Å². The number of nitrogens with one attached hydrogen (secondary N) is 2. The molecule has 2 aliphatic rings. The average molecular weight is 307 g/mol. The molecule has 0 aromatic carbocycles. The summed E-state index contributed by atoms with van der Waals surface area (Å²) < 4.78 is 0. The summed E-state index contributed by atoms with van der Waals surface area (Å²) in [5.74, 6) is -2.06. The number of carbonyl (C=O) groups excluding carboxylic acids is 4. The van der Waals surface area contributed by atoms with Gasteiger partial charge >= 0.3 is 6.03 Å². The molecule has 7 nitrogen and oxygen atoms in total. The Bertz CT molecular complexity index is 521. The van der Waals surface area contributed by atoms with Crippen LogP contribution in [0, 0.1) is 11.8 Å². The van der Waals surface area contributed by atoms with Gasteiger partial charge in [-0.2, -0.15) is 0 Å². The lowest BCUT2D eigenvalue weighted by atomic mass is 9.85. The quantitative estimate of drug-likeness (QED) is 0.575. The second kappa shape index (κ2) is 5.90. The van der Waals surface area contributed by atoms with Crippen LogP contribution < -0.4 is 10.6 Å². The monoisotopic (exact) mass is 307 g/mol. The Morgan fingerprint density at radius 2 is 1.64 bits per heavy atom. The number of allylic oxidation sites excluding steroid dienone is 2. The number of nitrogens with zero attached hydrogens (tertiary/aromatic N) is 1. The van der Waals surface area contributed by atoms with Gasteiger partial charge in [-0.3, -0.25) is 24.6 Å². The van der Waals surface area contributed by atoms with Gasteiger partial charge in [0.05, 0.1) is 11.8 Å². The molecule has 2 N–H and O–H groups in total. The van der Waals surface area contributed by atoms with Gasteiger partial charge in [-0.1, -0.05) is 12.2 Å². The van der Waals surface area contributed by atoms with E-state index < -0.39 is 24.0 Å². The van der Waals surface area contributed by atoms with Crippen molar-refractivity contribution in [2.24, 2.45) is 11.8 Å². The van der Waals surface area contributed by atoms with Crippen molar-refractivity contribution in [1.82, 2.24) is 15.5 Å². The molecule has 2 atom stereocenters. The molecule has 7 heteroatoms. The Balaban J connectivity index is 1.93. The molecular weight excluding hydrogens is 286 g/mol. The lowest BCUT2D eigenvalue weighted by Gasteiger charge is -2.21. The van der Waals surface area contributed by atoms with E-state index >= 15 is 0 Å². The Kier molecular flexibility index (Phi) is 4.35. The number of imide groups is 2. The van der Waals surface area contributed by atoms with Crippen LogP contribution in [0.5, 0.6) is 0 Å². The molecule has 0 saturated carbocycles. The highest BCUT2D eigenvalue weighted by atomic mass is 16.2. The highest BCUT2D eigenvalue weighted by Gasteiger charge is 2.47. The second-order valence-electron chi connectivity index (χ2n) is 6.67. The molecule has 1 heterocycles. The van der Waals surface area contributed by atoms with Gasteiger partial charge in [0.2, 0.25) is 17.7 Å². The molecule has 0 radical (unpaired) electrons. The van der Waals surface area contributed by atoms with E-state index in [9.17, 15) is 19.2 Å². The molecule has 1 saturated heterocycles. The van der Waals surface area contributed by atoms with Gasteiger partial charge in [-0.25, -0.2) is 4.79 Å². The van der Waals surface area contributed by atoms with Crippen LogP contribution in [-0.2, 0) is 14.4 Å². The first-order chi connectivity index (χ1) is 10.2. The van der Waals surface area contributed by atoms with E-state index in [0.717, 1.165) is 4.90 Å². The fourth-order valence-corrected chi connectivity index (χ4v) is 2.71. The Hall–Kier alpha value is -2.18. The highest BCUT2D eigenvalue weighted by molar-refractivity contribution is 6.08. The Morgan fingerprint density at radius 1 is 1.14 bits per heavy atom. The van der Waals surface area contributed by atoms with Crippen LogP contribution in [0.15, 0.2) is 12.2 Å². The highest BCUT2D eigenvalue weighted by Crippen LogP contribution is 2.34. The zero-order chi connectivity index (χ0) is 16.5. The summed E-state index contributed by atoms with van der Waals surface area (Å²) >= 11 is 0. The maximum absolute atomic E-state index is 12.2. The molecule has 1 fully saturated rings. The summed E-state index contributed by atoms with van der Waals surface area (Å²) in [6.07, 6.45) is 4.81. The molecule has 2 rings (SSSR count). The summed E-state index contributed by atoms with van der Waals surface area (Å²) in [5, 5.41) is 4.71. The fraction of sp³-hybridized carbons (Fsp3) is 0.600. The predicted octanol–water partition coefficient (Wildman–Crippen LogP) is 0.562.